The van der Waals surface area contributed by atoms with Crippen molar-refractivity contribution < 1.29 is 28.6 Å². The van der Waals surface area contributed by atoms with Crippen molar-refractivity contribution in [2.45, 2.75) is 290 Å². The van der Waals surface area contributed by atoms with Crippen molar-refractivity contribution in [2.75, 3.05) is 13.2 Å². The van der Waals surface area contributed by atoms with E-state index in [1.54, 1.807) is 0 Å². The van der Waals surface area contributed by atoms with Gasteiger partial charge in [-0.15, -0.1) is 0 Å². The lowest BCUT2D eigenvalue weighted by atomic mass is 10.1. The number of allylic oxidation sites excluding steroid dienone is 18. The van der Waals surface area contributed by atoms with Crippen molar-refractivity contribution >= 4 is 17.9 Å². The molecule has 0 aliphatic carbocycles. The Morgan fingerprint density at radius 3 is 0.851 bits per heavy atom. The lowest BCUT2D eigenvalue weighted by molar-refractivity contribution is -0.167. The average molecular weight is 1030 g/mol. The van der Waals surface area contributed by atoms with Gasteiger partial charge in [0.1, 0.15) is 13.2 Å². The molecule has 422 valence electrons. The summed E-state index contributed by atoms with van der Waals surface area (Å²) in [6.45, 7) is 6.48. The van der Waals surface area contributed by atoms with Crippen LogP contribution in [0.3, 0.4) is 0 Å². The van der Waals surface area contributed by atoms with E-state index in [4.69, 9.17) is 14.2 Å². The molecule has 0 aromatic rings. The molecule has 6 nitrogen and oxygen atoms in total. The summed E-state index contributed by atoms with van der Waals surface area (Å²) in [5.41, 5.74) is 0. The minimum absolute atomic E-state index is 0.0935. The van der Waals surface area contributed by atoms with Crippen LogP contribution in [0.2, 0.25) is 0 Å². The molecule has 0 bridgehead atoms. The first kappa shape index (κ1) is 70.1. The molecule has 0 fully saturated rings. The van der Waals surface area contributed by atoms with Crippen LogP contribution in [0, 0.1) is 0 Å². The molecular formula is C68H114O6. The SMILES string of the molecule is CC/C=C\C/C=C\C/C=C\C/C=C\C/C=C\C/C=C\CCCCCCCCC(=O)OCC(COC(=O)CCCCCCC/C=C\CCCCCCCC)OC(=O)CCCCCCC/C=C\C/C=C\CCCCCC. The van der Waals surface area contributed by atoms with E-state index in [9.17, 15) is 14.4 Å². The highest BCUT2D eigenvalue weighted by atomic mass is 16.6. The van der Waals surface area contributed by atoms with Crippen molar-refractivity contribution in [3.8, 4) is 0 Å². The van der Waals surface area contributed by atoms with Crippen LogP contribution in [0.1, 0.15) is 284 Å². The minimum atomic E-state index is -0.798. The molecule has 0 heterocycles. The summed E-state index contributed by atoms with van der Waals surface area (Å²) in [5.74, 6) is -0.926. The first-order chi connectivity index (χ1) is 36.5. The Morgan fingerprint density at radius 2 is 0.527 bits per heavy atom. The summed E-state index contributed by atoms with van der Waals surface area (Å²) < 4.78 is 16.9. The summed E-state index contributed by atoms with van der Waals surface area (Å²) in [5, 5.41) is 0. The fraction of sp³-hybridized carbons (Fsp3) is 0.691. The second kappa shape index (κ2) is 61.6. The Kier molecular flexibility index (Phi) is 58.3. The van der Waals surface area contributed by atoms with E-state index in [0.29, 0.717) is 19.3 Å². The lowest BCUT2D eigenvalue weighted by Gasteiger charge is -2.18. The Bertz CT molecular complexity index is 1510. The normalized spacial score (nSPS) is 12.9. The standard InChI is InChI=1S/C68H114O6/c1-4-7-10-13-16-19-22-25-28-30-31-32-33-34-35-36-37-38-41-43-46-49-52-55-58-61-67(70)73-64-65(63-72-66(69)60-57-54-51-48-45-42-39-27-24-21-18-15-12-9-6-3)74-68(71)62-59-56-53-50-47-44-40-29-26-23-20-17-14-11-8-5-2/h7,10,16,19-20,23,25,27-29,31-32,34-35,37-40,65H,4-6,8-9,11-15,17-18,21-22,24,26,30,33,36,41-64H2,1-3H3/b10-7-,19-16-,23-20-,28-25-,32-31-,35-34-,38-37-,39-27-,40-29-. The maximum absolute atomic E-state index is 12.9. The zero-order chi connectivity index (χ0) is 53.6. The molecule has 0 saturated heterocycles. The molecule has 0 spiro atoms. The van der Waals surface area contributed by atoms with Gasteiger partial charge >= 0.3 is 17.9 Å². The molecule has 0 rings (SSSR count). The van der Waals surface area contributed by atoms with Crippen LogP contribution in [0.5, 0.6) is 0 Å². The van der Waals surface area contributed by atoms with Gasteiger partial charge in [0.05, 0.1) is 0 Å². The third kappa shape index (κ3) is 59.0. The van der Waals surface area contributed by atoms with Gasteiger partial charge in [0.2, 0.25) is 0 Å². The number of ether oxygens (including phenoxy) is 3. The van der Waals surface area contributed by atoms with E-state index in [0.717, 1.165) is 141 Å². The Hall–Kier alpha value is -3.93. The predicted octanol–water partition coefficient (Wildman–Crippen LogP) is 21.0. The van der Waals surface area contributed by atoms with Gasteiger partial charge in [0.15, 0.2) is 6.10 Å². The lowest BCUT2D eigenvalue weighted by Crippen LogP contribution is -2.30. The van der Waals surface area contributed by atoms with E-state index < -0.39 is 6.10 Å². The van der Waals surface area contributed by atoms with Crippen molar-refractivity contribution in [2.24, 2.45) is 0 Å². The number of carbonyl (C=O) groups excluding carboxylic acids is 3. The largest absolute Gasteiger partial charge is 0.462 e. The van der Waals surface area contributed by atoms with Crippen LogP contribution in [-0.4, -0.2) is 37.2 Å². The summed E-state index contributed by atoms with van der Waals surface area (Å²) in [4.78, 5) is 38.3. The fourth-order valence-corrected chi connectivity index (χ4v) is 8.35. The molecule has 0 N–H and O–H groups in total. The first-order valence-corrected chi connectivity index (χ1v) is 30.9. The van der Waals surface area contributed by atoms with E-state index in [1.165, 1.54) is 103 Å². The molecular weight excluding hydrogens is 913 g/mol. The summed E-state index contributed by atoms with van der Waals surface area (Å²) in [6, 6.07) is 0. The highest BCUT2D eigenvalue weighted by molar-refractivity contribution is 5.71. The van der Waals surface area contributed by atoms with Crippen molar-refractivity contribution in [3.05, 3.63) is 109 Å². The molecule has 0 aliphatic rings. The van der Waals surface area contributed by atoms with E-state index in [-0.39, 0.29) is 31.1 Å². The molecule has 0 amide bonds. The van der Waals surface area contributed by atoms with Crippen molar-refractivity contribution in [1.82, 2.24) is 0 Å². The highest BCUT2D eigenvalue weighted by Crippen LogP contribution is 2.14. The van der Waals surface area contributed by atoms with Gasteiger partial charge in [-0.05, 0) is 128 Å². The van der Waals surface area contributed by atoms with Gasteiger partial charge in [-0.3, -0.25) is 14.4 Å². The highest BCUT2D eigenvalue weighted by Gasteiger charge is 2.19. The second-order valence-electron chi connectivity index (χ2n) is 20.2. The Labute approximate surface area is 457 Å². The van der Waals surface area contributed by atoms with Crippen LogP contribution in [-0.2, 0) is 28.6 Å². The van der Waals surface area contributed by atoms with Crippen LogP contribution < -0.4 is 0 Å². The van der Waals surface area contributed by atoms with E-state index in [1.807, 2.05) is 0 Å². The molecule has 0 saturated carbocycles. The van der Waals surface area contributed by atoms with Crippen LogP contribution in [0.4, 0.5) is 0 Å². The van der Waals surface area contributed by atoms with Gasteiger partial charge in [-0.25, -0.2) is 0 Å². The number of hydrogen-bond acceptors (Lipinski definition) is 6. The van der Waals surface area contributed by atoms with Crippen molar-refractivity contribution in [1.29, 1.82) is 0 Å². The predicted molar refractivity (Wildman–Crippen MR) is 320 cm³/mol. The molecule has 0 aromatic carbocycles. The monoisotopic (exact) mass is 1030 g/mol. The third-order valence-electron chi connectivity index (χ3n) is 13.0. The maximum atomic E-state index is 12.9. The van der Waals surface area contributed by atoms with E-state index in [2.05, 4.69) is 130 Å². The molecule has 0 aliphatic heterocycles. The molecule has 1 unspecified atom stereocenters. The van der Waals surface area contributed by atoms with Gasteiger partial charge < -0.3 is 14.2 Å². The quantitative estimate of drug-likeness (QED) is 0.0261. The maximum Gasteiger partial charge on any atom is 0.306 e. The van der Waals surface area contributed by atoms with Gasteiger partial charge in [-0.1, -0.05) is 246 Å². The van der Waals surface area contributed by atoms with E-state index >= 15 is 0 Å². The number of rotatable bonds is 55. The molecule has 1 atom stereocenters. The number of carbonyl (C=O) groups is 3. The smallest absolute Gasteiger partial charge is 0.306 e. The van der Waals surface area contributed by atoms with Crippen LogP contribution in [0.25, 0.3) is 0 Å². The van der Waals surface area contributed by atoms with Gasteiger partial charge in [0, 0.05) is 19.3 Å². The molecule has 0 aromatic heterocycles. The zero-order valence-corrected chi connectivity index (χ0v) is 48.3. The fourth-order valence-electron chi connectivity index (χ4n) is 8.35. The van der Waals surface area contributed by atoms with Crippen LogP contribution in [0.15, 0.2) is 109 Å². The number of hydrogen-bond donors (Lipinski definition) is 0. The molecule has 74 heavy (non-hydrogen) atoms. The topological polar surface area (TPSA) is 78.9 Å². The number of unbranched alkanes of at least 4 members (excludes halogenated alkanes) is 26. The van der Waals surface area contributed by atoms with Crippen LogP contribution >= 0.6 is 0 Å². The molecule has 0 radical (unpaired) electrons. The zero-order valence-electron chi connectivity index (χ0n) is 48.3. The summed E-state index contributed by atoms with van der Waals surface area (Å²) >= 11 is 0. The summed E-state index contributed by atoms with van der Waals surface area (Å²) in [6.07, 6.45) is 83.6. The second-order valence-corrected chi connectivity index (χ2v) is 20.2. The average Bonchev–Trinajstić information content (AvgIpc) is 3.40. The minimum Gasteiger partial charge on any atom is -0.462 e. The Morgan fingerprint density at radius 1 is 0.284 bits per heavy atom. The first-order valence-electron chi connectivity index (χ1n) is 30.9. The molecule has 6 heteroatoms. The Balaban J connectivity index is 4.42. The third-order valence-corrected chi connectivity index (χ3v) is 13.0. The van der Waals surface area contributed by atoms with Crippen molar-refractivity contribution in [3.63, 3.8) is 0 Å². The number of esters is 3. The summed E-state index contributed by atoms with van der Waals surface area (Å²) in [7, 11) is 0. The van der Waals surface area contributed by atoms with Gasteiger partial charge in [-0.2, -0.15) is 0 Å². The van der Waals surface area contributed by atoms with Gasteiger partial charge in [0.25, 0.3) is 0 Å².